The fourth-order valence-electron chi connectivity index (χ4n) is 1.95. The van der Waals surface area contributed by atoms with Crippen LogP contribution in [-0.4, -0.2) is 18.8 Å². The van der Waals surface area contributed by atoms with Crippen LogP contribution in [-0.2, 0) is 4.74 Å². The number of hydrogen-bond donors (Lipinski definition) is 1. The molecular formula is C13H16N2O. The van der Waals surface area contributed by atoms with E-state index in [1.165, 1.54) is 0 Å². The topological polar surface area (TPSA) is 45.0 Å². The maximum absolute atomic E-state index is 9.05. The van der Waals surface area contributed by atoms with E-state index in [0.717, 1.165) is 24.3 Å². The van der Waals surface area contributed by atoms with Crippen LogP contribution in [0.5, 0.6) is 0 Å². The Kier molecular flexibility index (Phi) is 2.84. The first-order chi connectivity index (χ1) is 7.63. The lowest BCUT2D eigenvalue weighted by Crippen LogP contribution is -2.35. The summed E-state index contributed by atoms with van der Waals surface area (Å²) in [5.41, 5.74) is 2.72. The molecule has 0 spiro atoms. The van der Waals surface area contributed by atoms with Crippen molar-refractivity contribution in [1.29, 1.82) is 5.26 Å². The molecule has 1 aromatic rings. The van der Waals surface area contributed by atoms with Gasteiger partial charge in [0.2, 0.25) is 0 Å². The number of nitriles is 1. The highest BCUT2D eigenvalue weighted by molar-refractivity contribution is 5.60. The third-order valence-corrected chi connectivity index (χ3v) is 2.95. The van der Waals surface area contributed by atoms with Gasteiger partial charge in [0.15, 0.2) is 0 Å². The molecule has 0 aliphatic carbocycles. The molecule has 1 unspecified atom stereocenters. The zero-order valence-electron chi connectivity index (χ0n) is 9.71. The average Bonchev–Trinajstić information content (AvgIpc) is 2.65. The summed E-state index contributed by atoms with van der Waals surface area (Å²) in [6.45, 7) is 5.65. The van der Waals surface area contributed by atoms with Gasteiger partial charge in [-0.15, -0.1) is 0 Å². The van der Waals surface area contributed by atoms with Crippen molar-refractivity contribution in [3.63, 3.8) is 0 Å². The second-order valence-corrected chi connectivity index (χ2v) is 4.65. The third kappa shape index (κ3) is 2.17. The minimum Gasteiger partial charge on any atom is -0.379 e. The summed E-state index contributed by atoms with van der Waals surface area (Å²) < 4.78 is 5.39. The maximum atomic E-state index is 9.05. The number of hydrogen-bond acceptors (Lipinski definition) is 3. The van der Waals surface area contributed by atoms with Gasteiger partial charge < -0.3 is 10.1 Å². The summed E-state index contributed by atoms with van der Waals surface area (Å²) in [4.78, 5) is 0. The molecule has 1 aromatic carbocycles. The molecule has 1 aliphatic heterocycles. The van der Waals surface area contributed by atoms with Crippen LogP contribution in [0.25, 0.3) is 0 Å². The molecule has 16 heavy (non-hydrogen) atoms. The number of ether oxygens (including phenoxy) is 1. The van der Waals surface area contributed by atoms with E-state index in [1.807, 2.05) is 25.1 Å². The van der Waals surface area contributed by atoms with Crippen LogP contribution < -0.4 is 5.32 Å². The van der Waals surface area contributed by atoms with Crippen LogP contribution in [0.4, 0.5) is 5.69 Å². The fourth-order valence-corrected chi connectivity index (χ4v) is 1.95. The number of aryl methyl sites for hydroxylation is 1. The van der Waals surface area contributed by atoms with Gasteiger partial charge in [0, 0.05) is 6.61 Å². The SMILES string of the molecule is Cc1ccc(C#N)c(NC2(C)CCOC2)c1. The van der Waals surface area contributed by atoms with Crippen molar-refractivity contribution in [2.24, 2.45) is 0 Å². The predicted molar refractivity (Wildman–Crippen MR) is 63.4 cm³/mol. The Bertz CT molecular complexity index is 428. The number of nitrogens with zero attached hydrogens (tertiary/aromatic N) is 1. The van der Waals surface area contributed by atoms with Crippen molar-refractivity contribution in [3.8, 4) is 6.07 Å². The van der Waals surface area contributed by atoms with Gasteiger partial charge in [-0.05, 0) is 38.0 Å². The molecule has 0 aromatic heterocycles. The van der Waals surface area contributed by atoms with Gasteiger partial charge in [-0.1, -0.05) is 6.07 Å². The van der Waals surface area contributed by atoms with E-state index in [1.54, 1.807) is 0 Å². The van der Waals surface area contributed by atoms with Crippen molar-refractivity contribution in [2.45, 2.75) is 25.8 Å². The molecule has 1 aliphatic rings. The summed E-state index contributed by atoms with van der Waals surface area (Å²) in [7, 11) is 0. The Hall–Kier alpha value is -1.53. The van der Waals surface area contributed by atoms with E-state index < -0.39 is 0 Å². The van der Waals surface area contributed by atoms with Gasteiger partial charge >= 0.3 is 0 Å². The van der Waals surface area contributed by atoms with Crippen molar-refractivity contribution in [2.75, 3.05) is 18.5 Å². The quantitative estimate of drug-likeness (QED) is 0.826. The first-order valence-electron chi connectivity index (χ1n) is 5.50. The highest BCUT2D eigenvalue weighted by Gasteiger charge is 2.29. The summed E-state index contributed by atoms with van der Waals surface area (Å²) in [5, 5.41) is 12.5. The van der Waals surface area contributed by atoms with E-state index in [0.29, 0.717) is 12.2 Å². The van der Waals surface area contributed by atoms with Crippen molar-refractivity contribution < 1.29 is 4.74 Å². The number of benzene rings is 1. The van der Waals surface area contributed by atoms with E-state index in [4.69, 9.17) is 10.00 Å². The van der Waals surface area contributed by atoms with Gasteiger partial charge in [0.05, 0.1) is 23.4 Å². The van der Waals surface area contributed by atoms with Crippen LogP contribution >= 0.6 is 0 Å². The molecule has 2 rings (SSSR count). The van der Waals surface area contributed by atoms with Gasteiger partial charge in [0.1, 0.15) is 6.07 Å². The normalized spacial score (nSPS) is 24.1. The smallest absolute Gasteiger partial charge is 0.101 e. The minimum absolute atomic E-state index is 0.0423. The molecule has 1 saturated heterocycles. The maximum Gasteiger partial charge on any atom is 0.101 e. The van der Waals surface area contributed by atoms with E-state index in [9.17, 15) is 0 Å². The van der Waals surface area contributed by atoms with Crippen LogP contribution in [0.15, 0.2) is 18.2 Å². The Morgan fingerprint density at radius 3 is 2.94 bits per heavy atom. The lowest BCUT2D eigenvalue weighted by molar-refractivity contribution is 0.185. The molecule has 84 valence electrons. The zero-order chi connectivity index (χ0) is 11.6. The first-order valence-corrected chi connectivity index (χ1v) is 5.50. The Labute approximate surface area is 96.0 Å². The average molecular weight is 216 g/mol. The lowest BCUT2D eigenvalue weighted by Gasteiger charge is -2.25. The Balaban J connectivity index is 2.26. The zero-order valence-corrected chi connectivity index (χ0v) is 9.71. The lowest BCUT2D eigenvalue weighted by atomic mass is 10.00. The number of rotatable bonds is 2. The molecular weight excluding hydrogens is 200 g/mol. The second-order valence-electron chi connectivity index (χ2n) is 4.65. The molecule has 0 amide bonds. The Morgan fingerprint density at radius 2 is 2.31 bits per heavy atom. The van der Waals surface area contributed by atoms with Gasteiger partial charge in [0.25, 0.3) is 0 Å². The van der Waals surface area contributed by atoms with Crippen LogP contribution in [0.2, 0.25) is 0 Å². The van der Waals surface area contributed by atoms with Crippen molar-refractivity contribution >= 4 is 5.69 Å². The van der Waals surface area contributed by atoms with Gasteiger partial charge in [-0.25, -0.2) is 0 Å². The number of nitrogens with one attached hydrogen (secondary N) is 1. The molecule has 1 N–H and O–H groups in total. The largest absolute Gasteiger partial charge is 0.379 e. The fraction of sp³-hybridized carbons (Fsp3) is 0.462. The highest BCUT2D eigenvalue weighted by Crippen LogP contribution is 2.26. The van der Waals surface area contributed by atoms with Crippen LogP contribution in [0.1, 0.15) is 24.5 Å². The van der Waals surface area contributed by atoms with Crippen molar-refractivity contribution in [3.05, 3.63) is 29.3 Å². The monoisotopic (exact) mass is 216 g/mol. The molecule has 1 fully saturated rings. The van der Waals surface area contributed by atoms with Crippen LogP contribution in [0.3, 0.4) is 0 Å². The molecule has 0 bridgehead atoms. The molecule has 3 heteroatoms. The first kappa shape index (κ1) is 11.0. The predicted octanol–water partition coefficient (Wildman–Crippen LogP) is 2.46. The molecule has 0 saturated carbocycles. The third-order valence-electron chi connectivity index (χ3n) is 2.95. The summed E-state index contributed by atoms with van der Waals surface area (Å²) in [6, 6.07) is 8.04. The summed E-state index contributed by atoms with van der Waals surface area (Å²) >= 11 is 0. The molecule has 1 heterocycles. The van der Waals surface area contributed by atoms with Crippen molar-refractivity contribution in [1.82, 2.24) is 0 Å². The Morgan fingerprint density at radius 1 is 1.50 bits per heavy atom. The van der Waals surface area contributed by atoms with Crippen LogP contribution in [0, 0.1) is 18.3 Å². The molecule has 1 atom stereocenters. The van der Waals surface area contributed by atoms with Gasteiger partial charge in [-0.3, -0.25) is 0 Å². The number of anilines is 1. The minimum atomic E-state index is -0.0423. The van der Waals surface area contributed by atoms with Gasteiger partial charge in [-0.2, -0.15) is 5.26 Å². The molecule has 0 radical (unpaired) electrons. The summed E-state index contributed by atoms with van der Waals surface area (Å²) in [5.74, 6) is 0. The second kappa shape index (κ2) is 4.15. The highest BCUT2D eigenvalue weighted by atomic mass is 16.5. The standard InChI is InChI=1S/C13H16N2O/c1-10-3-4-11(8-14)12(7-10)15-13(2)5-6-16-9-13/h3-4,7,15H,5-6,9H2,1-2H3. The van der Waals surface area contributed by atoms with E-state index >= 15 is 0 Å². The summed E-state index contributed by atoms with van der Waals surface area (Å²) in [6.07, 6.45) is 0.978. The van der Waals surface area contributed by atoms with E-state index in [2.05, 4.69) is 18.3 Å². The van der Waals surface area contributed by atoms with E-state index in [-0.39, 0.29) is 5.54 Å². The molecule has 3 nitrogen and oxygen atoms in total.